The molecule has 2 N–H and O–H groups in total. The van der Waals surface area contributed by atoms with Crippen LogP contribution in [0.5, 0.6) is 0 Å². The average Bonchev–Trinajstić information content (AvgIpc) is 3.08. The fourth-order valence-electron chi connectivity index (χ4n) is 3.52. The van der Waals surface area contributed by atoms with Gasteiger partial charge in [-0.05, 0) is 81.2 Å². The number of hydrogen-bond donors (Lipinski definition) is 2. The lowest BCUT2D eigenvalue weighted by Crippen LogP contribution is -2.25. The van der Waals surface area contributed by atoms with E-state index in [2.05, 4.69) is 91.6 Å². The minimum atomic E-state index is 0.476. The number of thiocarbonyl (C=S) groups is 1. The highest BCUT2D eigenvalue weighted by molar-refractivity contribution is 7.80. The van der Waals surface area contributed by atoms with E-state index in [1.165, 1.54) is 22.3 Å². The standard InChI is InChI=1S/C24H28N4S/c1-16-8-9-18(3)21(13-16)15-28-10-6-7-22(28)14-25-27-24(29)26-23-19(4)11-17(2)12-20(23)5/h6-14H,15H2,1-5H3,(H2,26,27,29)/b25-14-. The topological polar surface area (TPSA) is 41.4 Å². The molecule has 1 heterocycles. The summed E-state index contributed by atoms with van der Waals surface area (Å²) in [7, 11) is 0. The predicted molar refractivity (Wildman–Crippen MR) is 127 cm³/mol. The minimum Gasteiger partial charge on any atom is -0.342 e. The van der Waals surface area contributed by atoms with Gasteiger partial charge >= 0.3 is 0 Å². The Hall–Kier alpha value is -2.92. The summed E-state index contributed by atoms with van der Waals surface area (Å²) >= 11 is 5.41. The molecule has 0 bridgehead atoms. The minimum absolute atomic E-state index is 0.476. The van der Waals surface area contributed by atoms with Gasteiger partial charge in [-0.25, -0.2) is 0 Å². The molecule has 0 aliphatic heterocycles. The van der Waals surface area contributed by atoms with E-state index in [4.69, 9.17) is 12.2 Å². The monoisotopic (exact) mass is 404 g/mol. The van der Waals surface area contributed by atoms with Crippen LogP contribution in [-0.4, -0.2) is 15.9 Å². The molecule has 0 unspecified atom stereocenters. The third-order valence-electron chi connectivity index (χ3n) is 4.99. The molecule has 3 aromatic rings. The molecule has 0 fully saturated rings. The van der Waals surface area contributed by atoms with E-state index in [9.17, 15) is 0 Å². The van der Waals surface area contributed by atoms with Gasteiger partial charge in [-0.15, -0.1) is 0 Å². The average molecular weight is 405 g/mol. The highest BCUT2D eigenvalue weighted by atomic mass is 32.1. The summed E-state index contributed by atoms with van der Waals surface area (Å²) in [6, 6.07) is 14.9. The molecule has 0 amide bonds. The van der Waals surface area contributed by atoms with Crippen molar-refractivity contribution < 1.29 is 0 Å². The highest BCUT2D eigenvalue weighted by Crippen LogP contribution is 2.21. The lowest BCUT2D eigenvalue weighted by atomic mass is 10.1. The maximum Gasteiger partial charge on any atom is 0.191 e. The molecule has 0 radical (unpaired) electrons. The first kappa shape index (κ1) is 20.8. The Morgan fingerprint density at radius 3 is 2.41 bits per heavy atom. The summed E-state index contributed by atoms with van der Waals surface area (Å²) in [4.78, 5) is 0. The van der Waals surface area contributed by atoms with Gasteiger partial charge in [0.1, 0.15) is 0 Å². The fourth-order valence-corrected chi connectivity index (χ4v) is 3.67. The SMILES string of the molecule is Cc1cc(C)c(NC(=S)N/N=C\c2cccn2Cc2cc(C)ccc2C)c(C)c1. The number of aromatic nitrogens is 1. The summed E-state index contributed by atoms with van der Waals surface area (Å²) in [5, 5.41) is 8.06. The molecular formula is C24H28N4S. The van der Waals surface area contributed by atoms with Gasteiger partial charge in [-0.1, -0.05) is 41.5 Å². The van der Waals surface area contributed by atoms with Crippen LogP contribution in [0.15, 0.2) is 53.8 Å². The fraction of sp³-hybridized carbons (Fsp3) is 0.250. The largest absolute Gasteiger partial charge is 0.342 e. The zero-order valence-electron chi connectivity index (χ0n) is 17.7. The number of hydrazone groups is 1. The number of nitrogens with zero attached hydrogens (tertiary/aromatic N) is 2. The predicted octanol–water partition coefficient (Wildman–Crippen LogP) is 5.40. The number of aryl methyl sites for hydroxylation is 5. The Morgan fingerprint density at radius 2 is 1.69 bits per heavy atom. The molecule has 0 spiro atoms. The van der Waals surface area contributed by atoms with Crippen LogP contribution in [0.4, 0.5) is 5.69 Å². The molecule has 0 aliphatic carbocycles. The second-order valence-electron chi connectivity index (χ2n) is 7.59. The zero-order valence-corrected chi connectivity index (χ0v) is 18.5. The smallest absolute Gasteiger partial charge is 0.191 e. The first-order valence-electron chi connectivity index (χ1n) is 9.72. The Kier molecular flexibility index (Phi) is 6.49. The lowest BCUT2D eigenvalue weighted by Gasteiger charge is -2.14. The number of rotatable bonds is 5. The van der Waals surface area contributed by atoms with E-state index in [1.807, 2.05) is 12.1 Å². The molecule has 0 aliphatic rings. The highest BCUT2D eigenvalue weighted by Gasteiger charge is 2.06. The Labute approximate surface area is 178 Å². The molecule has 5 heteroatoms. The van der Waals surface area contributed by atoms with Gasteiger partial charge in [-0.2, -0.15) is 5.10 Å². The first-order chi connectivity index (χ1) is 13.8. The van der Waals surface area contributed by atoms with E-state index < -0.39 is 0 Å². The van der Waals surface area contributed by atoms with E-state index in [-0.39, 0.29) is 0 Å². The van der Waals surface area contributed by atoms with Gasteiger partial charge in [0.2, 0.25) is 0 Å². The molecule has 0 saturated carbocycles. The van der Waals surface area contributed by atoms with Gasteiger partial charge < -0.3 is 9.88 Å². The summed E-state index contributed by atoms with van der Waals surface area (Å²) < 4.78 is 2.18. The summed E-state index contributed by atoms with van der Waals surface area (Å²) in [5.74, 6) is 0. The Bertz CT molecular complexity index is 1040. The molecule has 1 aromatic heterocycles. The number of anilines is 1. The summed E-state index contributed by atoms with van der Waals surface area (Å²) in [6.07, 6.45) is 3.87. The Morgan fingerprint density at radius 1 is 0.966 bits per heavy atom. The van der Waals surface area contributed by atoms with E-state index >= 15 is 0 Å². The molecule has 4 nitrogen and oxygen atoms in total. The summed E-state index contributed by atoms with van der Waals surface area (Å²) in [5.41, 5.74) is 12.4. The zero-order chi connectivity index (χ0) is 21.0. The van der Waals surface area contributed by atoms with Crippen molar-refractivity contribution in [1.29, 1.82) is 0 Å². The quantitative estimate of drug-likeness (QED) is 0.340. The van der Waals surface area contributed by atoms with Crippen molar-refractivity contribution in [3.8, 4) is 0 Å². The van der Waals surface area contributed by atoms with Crippen molar-refractivity contribution in [2.24, 2.45) is 5.10 Å². The van der Waals surface area contributed by atoms with Crippen molar-refractivity contribution in [3.63, 3.8) is 0 Å². The first-order valence-corrected chi connectivity index (χ1v) is 10.1. The molecule has 2 aromatic carbocycles. The van der Waals surface area contributed by atoms with Crippen LogP contribution in [0.1, 0.15) is 39.1 Å². The van der Waals surface area contributed by atoms with Gasteiger partial charge in [0.05, 0.1) is 11.9 Å². The second kappa shape index (κ2) is 9.05. The molecule has 3 rings (SSSR count). The molecule has 150 valence electrons. The molecule has 0 atom stereocenters. The van der Waals surface area contributed by atoms with Crippen molar-refractivity contribution in [2.45, 2.75) is 41.2 Å². The van der Waals surface area contributed by atoms with Crippen molar-refractivity contribution in [3.05, 3.63) is 87.7 Å². The third-order valence-corrected chi connectivity index (χ3v) is 5.18. The second-order valence-corrected chi connectivity index (χ2v) is 8.00. The van der Waals surface area contributed by atoms with Gasteiger partial charge in [0.15, 0.2) is 5.11 Å². The van der Waals surface area contributed by atoms with E-state index in [1.54, 1.807) is 6.21 Å². The number of hydrogen-bond acceptors (Lipinski definition) is 2. The van der Waals surface area contributed by atoms with Crippen LogP contribution in [-0.2, 0) is 6.54 Å². The lowest BCUT2D eigenvalue weighted by molar-refractivity contribution is 0.793. The molecule has 0 saturated heterocycles. The normalized spacial score (nSPS) is 11.1. The van der Waals surface area contributed by atoms with Crippen LogP contribution in [0.2, 0.25) is 0 Å². The van der Waals surface area contributed by atoms with Crippen molar-refractivity contribution in [2.75, 3.05) is 5.32 Å². The van der Waals surface area contributed by atoms with Crippen LogP contribution < -0.4 is 10.7 Å². The van der Waals surface area contributed by atoms with E-state index in [0.717, 1.165) is 29.1 Å². The van der Waals surface area contributed by atoms with Crippen LogP contribution >= 0.6 is 12.2 Å². The van der Waals surface area contributed by atoms with Crippen molar-refractivity contribution in [1.82, 2.24) is 9.99 Å². The van der Waals surface area contributed by atoms with Crippen LogP contribution in [0, 0.1) is 34.6 Å². The van der Waals surface area contributed by atoms with Crippen LogP contribution in [0.3, 0.4) is 0 Å². The summed E-state index contributed by atoms with van der Waals surface area (Å²) in [6.45, 7) is 11.3. The van der Waals surface area contributed by atoms with Crippen LogP contribution in [0.25, 0.3) is 0 Å². The van der Waals surface area contributed by atoms with Gasteiger partial charge in [-0.3, -0.25) is 5.43 Å². The third kappa shape index (κ3) is 5.33. The molecular weight excluding hydrogens is 376 g/mol. The van der Waals surface area contributed by atoms with Gasteiger partial charge in [0.25, 0.3) is 0 Å². The van der Waals surface area contributed by atoms with Crippen molar-refractivity contribution >= 4 is 29.2 Å². The van der Waals surface area contributed by atoms with E-state index in [0.29, 0.717) is 5.11 Å². The maximum atomic E-state index is 5.41. The number of benzene rings is 2. The molecule has 29 heavy (non-hydrogen) atoms. The maximum absolute atomic E-state index is 5.41. The Balaban J connectivity index is 1.65. The number of nitrogens with one attached hydrogen (secondary N) is 2. The van der Waals surface area contributed by atoms with Gasteiger partial charge in [0, 0.05) is 18.4 Å².